The lowest BCUT2D eigenvalue weighted by atomic mass is 10.2. The van der Waals surface area contributed by atoms with Crippen LogP contribution < -0.4 is 11.1 Å². The standard InChI is InChI=1S/C16H17N5O4/c1-21(2)15(23)10-3-5-11(6-4-10)20-12(22)9-25-16(24)13-14(17)19-8-7-18-13/h3-8H,9H2,1-2H3,(H2,17,19)(H,20,22). The van der Waals surface area contributed by atoms with E-state index in [1.165, 1.54) is 17.3 Å². The Morgan fingerprint density at radius 1 is 1.12 bits per heavy atom. The van der Waals surface area contributed by atoms with Crippen molar-refractivity contribution in [2.75, 3.05) is 31.8 Å². The molecule has 1 aromatic heterocycles. The van der Waals surface area contributed by atoms with Crippen molar-refractivity contribution in [3.05, 3.63) is 47.9 Å². The van der Waals surface area contributed by atoms with Crippen molar-refractivity contribution >= 4 is 29.3 Å². The number of esters is 1. The van der Waals surface area contributed by atoms with E-state index in [9.17, 15) is 14.4 Å². The van der Waals surface area contributed by atoms with E-state index >= 15 is 0 Å². The van der Waals surface area contributed by atoms with Gasteiger partial charge in [0, 0.05) is 37.7 Å². The molecule has 0 saturated heterocycles. The zero-order chi connectivity index (χ0) is 18.4. The van der Waals surface area contributed by atoms with Gasteiger partial charge in [0.2, 0.25) is 0 Å². The van der Waals surface area contributed by atoms with Crippen LogP contribution in [0.4, 0.5) is 11.5 Å². The van der Waals surface area contributed by atoms with Crippen LogP contribution in [0, 0.1) is 0 Å². The number of carbonyl (C=O) groups excluding carboxylic acids is 3. The van der Waals surface area contributed by atoms with Gasteiger partial charge in [-0.25, -0.2) is 14.8 Å². The maximum atomic E-state index is 11.8. The minimum Gasteiger partial charge on any atom is -0.451 e. The fourth-order valence-electron chi connectivity index (χ4n) is 1.86. The van der Waals surface area contributed by atoms with E-state index in [-0.39, 0.29) is 17.4 Å². The minimum absolute atomic E-state index is 0.0749. The van der Waals surface area contributed by atoms with E-state index in [4.69, 9.17) is 10.5 Å². The lowest BCUT2D eigenvalue weighted by Crippen LogP contribution is -2.23. The molecule has 25 heavy (non-hydrogen) atoms. The van der Waals surface area contributed by atoms with E-state index in [1.807, 2.05) is 0 Å². The van der Waals surface area contributed by atoms with Crippen LogP contribution >= 0.6 is 0 Å². The summed E-state index contributed by atoms with van der Waals surface area (Å²) in [6.45, 7) is -0.507. The first kappa shape index (κ1) is 17.9. The summed E-state index contributed by atoms with van der Waals surface area (Å²) in [4.78, 5) is 44.3. The molecule has 0 atom stereocenters. The highest BCUT2D eigenvalue weighted by Crippen LogP contribution is 2.11. The lowest BCUT2D eigenvalue weighted by Gasteiger charge is -2.11. The van der Waals surface area contributed by atoms with Crippen LogP contribution in [-0.2, 0) is 9.53 Å². The monoisotopic (exact) mass is 343 g/mol. The van der Waals surface area contributed by atoms with Gasteiger partial charge < -0.3 is 20.7 Å². The van der Waals surface area contributed by atoms with Gasteiger partial charge in [-0.2, -0.15) is 0 Å². The van der Waals surface area contributed by atoms with E-state index < -0.39 is 18.5 Å². The van der Waals surface area contributed by atoms with Gasteiger partial charge in [0.25, 0.3) is 11.8 Å². The molecular formula is C16H17N5O4. The Bertz CT molecular complexity index is 789. The van der Waals surface area contributed by atoms with Gasteiger partial charge in [0.15, 0.2) is 18.1 Å². The second kappa shape index (κ2) is 7.86. The molecule has 0 bridgehead atoms. The summed E-state index contributed by atoms with van der Waals surface area (Å²) in [6.07, 6.45) is 2.63. The first-order valence-electron chi connectivity index (χ1n) is 7.23. The summed E-state index contributed by atoms with van der Waals surface area (Å²) in [5, 5.41) is 2.55. The molecule has 2 aromatic rings. The van der Waals surface area contributed by atoms with Crippen LogP contribution in [0.1, 0.15) is 20.8 Å². The first-order chi connectivity index (χ1) is 11.9. The van der Waals surface area contributed by atoms with Crippen LogP contribution in [0.3, 0.4) is 0 Å². The van der Waals surface area contributed by atoms with E-state index in [0.29, 0.717) is 11.3 Å². The SMILES string of the molecule is CN(C)C(=O)c1ccc(NC(=O)COC(=O)c2nccnc2N)cc1. The Kier molecular flexibility index (Phi) is 5.62. The molecule has 0 fully saturated rings. The van der Waals surface area contributed by atoms with Crippen molar-refractivity contribution in [2.24, 2.45) is 0 Å². The number of aromatic nitrogens is 2. The first-order valence-corrected chi connectivity index (χ1v) is 7.23. The van der Waals surface area contributed by atoms with Crippen LogP contribution in [0.25, 0.3) is 0 Å². The molecule has 2 amide bonds. The third-order valence-corrected chi connectivity index (χ3v) is 3.08. The van der Waals surface area contributed by atoms with Gasteiger partial charge in [0.05, 0.1) is 0 Å². The van der Waals surface area contributed by atoms with Crippen LogP contribution in [0.2, 0.25) is 0 Å². The molecule has 0 aliphatic carbocycles. The van der Waals surface area contributed by atoms with Gasteiger partial charge in [-0.3, -0.25) is 9.59 Å². The molecule has 0 spiro atoms. The molecule has 2 rings (SSSR count). The number of nitrogens with two attached hydrogens (primary N) is 1. The zero-order valence-corrected chi connectivity index (χ0v) is 13.7. The number of anilines is 2. The maximum Gasteiger partial charge on any atom is 0.361 e. The summed E-state index contributed by atoms with van der Waals surface area (Å²) >= 11 is 0. The highest BCUT2D eigenvalue weighted by atomic mass is 16.5. The lowest BCUT2D eigenvalue weighted by molar-refractivity contribution is -0.119. The maximum absolute atomic E-state index is 11.8. The van der Waals surface area contributed by atoms with Gasteiger partial charge in [-0.05, 0) is 24.3 Å². The Balaban J connectivity index is 1.89. The number of nitrogens with one attached hydrogen (secondary N) is 1. The quantitative estimate of drug-likeness (QED) is 0.759. The molecule has 130 valence electrons. The van der Waals surface area contributed by atoms with Crippen molar-refractivity contribution in [2.45, 2.75) is 0 Å². The average Bonchev–Trinajstić information content (AvgIpc) is 2.60. The van der Waals surface area contributed by atoms with Crippen LogP contribution in [-0.4, -0.2) is 53.4 Å². The average molecular weight is 343 g/mol. The molecule has 0 radical (unpaired) electrons. The number of hydrogen-bond acceptors (Lipinski definition) is 7. The molecule has 9 nitrogen and oxygen atoms in total. The van der Waals surface area contributed by atoms with Crippen molar-refractivity contribution in [1.82, 2.24) is 14.9 Å². The second-order valence-corrected chi connectivity index (χ2v) is 5.19. The van der Waals surface area contributed by atoms with Crippen molar-refractivity contribution < 1.29 is 19.1 Å². The molecule has 0 aliphatic rings. The molecule has 1 heterocycles. The van der Waals surface area contributed by atoms with Gasteiger partial charge in [0.1, 0.15) is 0 Å². The van der Waals surface area contributed by atoms with E-state index in [2.05, 4.69) is 15.3 Å². The fraction of sp³-hybridized carbons (Fsp3) is 0.188. The highest BCUT2D eigenvalue weighted by Gasteiger charge is 2.15. The van der Waals surface area contributed by atoms with E-state index in [0.717, 1.165) is 0 Å². The number of rotatable bonds is 5. The number of nitrogen functional groups attached to an aromatic ring is 1. The second-order valence-electron chi connectivity index (χ2n) is 5.19. The number of benzene rings is 1. The third kappa shape index (κ3) is 4.74. The molecule has 0 aliphatic heterocycles. The highest BCUT2D eigenvalue weighted by molar-refractivity contribution is 5.97. The summed E-state index contributed by atoms with van der Waals surface area (Å²) in [5.74, 6) is -1.60. The summed E-state index contributed by atoms with van der Waals surface area (Å²) in [6, 6.07) is 6.34. The fourth-order valence-corrected chi connectivity index (χ4v) is 1.86. The predicted octanol–water partition coefficient (Wildman–Crippen LogP) is 0.556. The van der Waals surface area contributed by atoms with E-state index in [1.54, 1.807) is 38.4 Å². The Morgan fingerprint density at radius 2 is 1.76 bits per heavy atom. The number of amides is 2. The predicted molar refractivity (Wildman–Crippen MR) is 89.8 cm³/mol. The number of nitrogens with zero attached hydrogens (tertiary/aromatic N) is 3. The van der Waals surface area contributed by atoms with Crippen molar-refractivity contribution in [3.63, 3.8) is 0 Å². The van der Waals surface area contributed by atoms with Gasteiger partial charge in [-0.1, -0.05) is 0 Å². The third-order valence-electron chi connectivity index (χ3n) is 3.08. The topological polar surface area (TPSA) is 128 Å². The molecule has 9 heteroatoms. The number of carbonyl (C=O) groups is 3. The van der Waals surface area contributed by atoms with Crippen molar-refractivity contribution in [3.8, 4) is 0 Å². The smallest absolute Gasteiger partial charge is 0.361 e. The molecule has 3 N–H and O–H groups in total. The summed E-state index contributed by atoms with van der Waals surface area (Å²) in [7, 11) is 3.30. The molecule has 0 saturated carbocycles. The van der Waals surface area contributed by atoms with Gasteiger partial charge in [-0.15, -0.1) is 0 Å². The molecule has 1 aromatic carbocycles. The Labute approximate surface area is 143 Å². The largest absolute Gasteiger partial charge is 0.451 e. The van der Waals surface area contributed by atoms with Gasteiger partial charge >= 0.3 is 5.97 Å². The molecular weight excluding hydrogens is 326 g/mol. The Morgan fingerprint density at radius 3 is 2.36 bits per heavy atom. The molecule has 0 unspecified atom stereocenters. The Hall–Kier alpha value is -3.49. The van der Waals surface area contributed by atoms with Crippen LogP contribution in [0.15, 0.2) is 36.7 Å². The summed E-state index contributed by atoms with van der Waals surface area (Å²) < 4.78 is 4.84. The minimum atomic E-state index is -0.840. The normalized spacial score (nSPS) is 10.0. The van der Waals surface area contributed by atoms with Crippen LogP contribution in [0.5, 0.6) is 0 Å². The van der Waals surface area contributed by atoms with Crippen molar-refractivity contribution in [1.29, 1.82) is 0 Å². The summed E-state index contributed by atoms with van der Waals surface area (Å²) in [5.41, 5.74) is 6.32. The number of hydrogen-bond donors (Lipinski definition) is 2. The zero-order valence-electron chi connectivity index (χ0n) is 13.7. The number of ether oxygens (including phenoxy) is 1.